The number of rotatable bonds is 4. The molecule has 3 heterocycles. The predicted octanol–water partition coefficient (Wildman–Crippen LogP) is 2.42. The summed E-state index contributed by atoms with van der Waals surface area (Å²) in [5.74, 6) is 1.09. The van der Waals surface area contributed by atoms with E-state index in [2.05, 4.69) is 19.2 Å². The van der Waals surface area contributed by atoms with E-state index in [9.17, 15) is 0 Å². The Hall–Kier alpha value is -0.366. The summed E-state index contributed by atoms with van der Waals surface area (Å²) in [5.41, 5.74) is 1.29. The average molecular weight is 325 g/mol. The fraction of sp³-hybridized carbons (Fsp3) is 0.750. The van der Waals surface area contributed by atoms with Crippen LogP contribution in [0, 0.1) is 0 Å². The molecular formula is C16H28O3Si2. The number of ether oxygens (including phenoxy) is 2. The predicted molar refractivity (Wildman–Crippen MR) is 90.5 cm³/mol. The first kappa shape index (κ1) is 15.5. The molecule has 0 radical (unpaired) electrons. The van der Waals surface area contributed by atoms with Crippen LogP contribution in [0.5, 0.6) is 0 Å². The van der Waals surface area contributed by atoms with E-state index in [-0.39, 0.29) is 29.5 Å². The molecule has 0 amide bonds. The highest BCUT2D eigenvalue weighted by Gasteiger charge is 2.40. The molecule has 2 fully saturated rings. The molecule has 3 nitrogen and oxygen atoms in total. The molecule has 0 aliphatic carbocycles. The third kappa shape index (κ3) is 2.81. The van der Waals surface area contributed by atoms with Gasteiger partial charge in [-0.15, -0.1) is 0 Å². The van der Waals surface area contributed by atoms with E-state index in [1.54, 1.807) is 0 Å². The van der Waals surface area contributed by atoms with E-state index in [0.29, 0.717) is 0 Å². The minimum absolute atomic E-state index is 0.0190. The van der Waals surface area contributed by atoms with Gasteiger partial charge in [-0.05, 0) is 44.6 Å². The lowest BCUT2D eigenvalue weighted by molar-refractivity contribution is -0.0367. The molecule has 0 N–H and O–H groups in total. The first-order chi connectivity index (χ1) is 10.2. The van der Waals surface area contributed by atoms with Crippen molar-refractivity contribution in [3.63, 3.8) is 0 Å². The number of hydrogen-bond donors (Lipinski definition) is 0. The van der Waals surface area contributed by atoms with Crippen molar-refractivity contribution in [3.8, 4) is 0 Å². The van der Waals surface area contributed by atoms with Gasteiger partial charge in [-0.25, -0.2) is 0 Å². The lowest BCUT2D eigenvalue weighted by Gasteiger charge is -2.36. The summed E-state index contributed by atoms with van der Waals surface area (Å²) in [7, 11) is -0.612. The van der Waals surface area contributed by atoms with Crippen LogP contribution in [0.2, 0.25) is 13.1 Å². The minimum atomic E-state index is -0.323. The van der Waals surface area contributed by atoms with Gasteiger partial charge < -0.3 is 13.9 Å². The van der Waals surface area contributed by atoms with Crippen LogP contribution in [0.1, 0.15) is 49.8 Å². The Morgan fingerprint density at radius 3 is 2.05 bits per heavy atom. The summed E-state index contributed by atoms with van der Waals surface area (Å²) in [6.45, 7) is 6.50. The van der Waals surface area contributed by atoms with Gasteiger partial charge in [0.05, 0.1) is 30.5 Å². The second-order valence-electron chi connectivity index (χ2n) is 6.51. The van der Waals surface area contributed by atoms with Crippen LogP contribution in [0.15, 0.2) is 16.7 Å². The van der Waals surface area contributed by atoms with Crippen molar-refractivity contribution < 1.29 is 13.9 Å². The van der Waals surface area contributed by atoms with Gasteiger partial charge in [0, 0.05) is 18.8 Å². The van der Waals surface area contributed by atoms with Crippen molar-refractivity contribution in [2.45, 2.75) is 62.1 Å². The molecule has 0 spiro atoms. The highest BCUT2D eigenvalue weighted by molar-refractivity contribution is 6.38. The molecule has 2 aliphatic heterocycles. The van der Waals surface area contributed by atoms with E-state index in [1.807, 2.05) is 6.26 Å². The molecule has 5 heteroatoms. The lowest BCUT2D eigenvalue weighted by Crippen LogP contribution is -2.39. The van der Waals surface area contributed by atoms with E-state index < -0.39 is 0 Å². The van der Waals surface area contributed by atoms with Gasteiger partial charge in [0.25, 0.3) is 0 Å². The Morgan fingerprint density at radius 2 is 1.52 bits per heavy atom. The smallest absolute Gasteiger partial charge is 0.131 e. The topological polar surface area (TPSA) is 31.6 Å². The zero-order valence-corrected chi connectivity index (χ0v) is 16.3. The summed E-state index contributed by atoms with van der Waals surface area (Å²) in [4.78, 5) is 0. The monoisotopic (exact) mass is 324 g/mol. The molecule has 0 aromatic carbocycles. The summed E-state index contributed by atoms with van der Waals surface area (Å²) in [5, 5.41) is -0.0349. The van der Waals surface area contributed by atoms with Crippen molar-refractivity contribution in [1.29, 1.82) is 0 Å². The van der Waals surface area contributed by atoms with Crippen molar-refractivity contribution in [2.75, 3.05) is 13.2 Å². The molecule has 0 bridgehead atoms. The van der Waals surface area contributed by atoms with Crippen molar-refractivity contribution in [3.05, 3.63) is 23.7 Å². The van der Waals surface area contributed by atoms with Crippen molar-refractivity contribution in [1.82, 2.24) is 0 Å². The summed E-state index contributed by atoms with van der Waals surface area (Å²) in [6.07, 6.45) is 9.23. The van der Waals surface area contributed by atoms with Crippen LogP contribution in [0.3, 0.4) is 0 Å². The van der Waals surface area contributed by atoms with E-state index >= 15 is 0 Å². The maximum absolute atomic E-state index is 6.24. The first-order valence-corrected chi connectivity index (χ1v) is 12.9. The first-order valence-electron chi connectivity index (χ1n) is 8.62. The fourth-order valence-corrected chi connectivity index (χ4v) is 6.91. The van der Waals surface area contributed by atoms with Crippen LogP contribution in [-0.2, 0) is 19.9 Å². The molecular weight excluding hydrogens is 296 g/mol. The Bertz CT molecular complexity index is 419. The Labute approximate surface area is 132 Å². The van der Waals surface area contributed by atoms with Gasteiger partial charge in [0.1, 0.15) is 11.0 Å². The molecule has 3 rings (SSSR count). The zero-order valence-electron chi connectivity index (χ0n) is 13.5. The van der Waals surface area contributed by atoms with E-state index in [1.165, 1.54) is 37.7 Å². The second kappa shape index (κ2) is 6.40. The third-order valence-corrected chi connectivity index (χ3v) is 9.58. The Morgan fingerprint density at radius 1 is 0.905 bits per heavy atom. The van der Waals surface area contributed by atoms with Gasteiger partial charge in [-0.2, -0.15) is 0 Å². The summed E-state index contributed by atoms with van der Waals surface area (Å²) in [6, 6.07) is 2.28. The molecule has 21 heavy (non-hydrogen) atoms. The van der Waals surface area contributed by atoms with Crippen LogP contribution < -0.4 is 0 Å². The molecule has 2 aliphatic rings. The zero-order chi connectivity index (χ0) is 14.8. The van der Waals surface area contributed by atoms with Crippen molar-refractivity contribution in [2.24, 2.45) is 0 Å². The van der Waals surface area contributed by atoms with Crippen LogP contribution in [0.4, 0.5) is 0 Å². The quantitative estimate of drug-likeness (QED) is 0.797. The summed E-state index contributed by atoms with van der Waals surface area (Å²) >= 11 is 0. The van der Waals surface area contributed by atoms with Gasteiger partial charge >= 0.3 is 0 Å². The minimum Gasteiger partial charge on any atom is -0.466 e. The Balaban J connectivity index is 1.88. The molecule has 2 atom stereocenters. The van der Waals surface area contributed by atoms with Gasteiger partial charge in [-0.3, -0.25) is 0 Å². The highest BCUT2D eigenvalue weighted by atomic mass is 28.2. The maximum Gasteiger partial charge on any atom is 0.131 e. The van der Waals surface area contributed by atoms with E-state index in [4.69, 9.17) is 13.9 Å². The summed E-state index contributed by atoms with van der Waals surface area (Å²) < 4.78 is 18.5. The Kier molecular flexibility index (Phi) is 4.73. The largest absolute Gasteiger partial charge is 0.466 e. The normalized spacial score (nSPS) is 35.1. The molecule has 2 unspecified atom stereocenters. The molecule has 1 aromatic rings. The van der Waals surface area contributed by atoms with Crippen LogP contribution in [-0.4, -0.2) is 32.3 Å². The highest BCUT2D eigenvalue weighted by Crippen LogP contribution is 2.40. The fourth-order valence-electron chi connectivity index (χ4n) is 3.88. The van der Waals surface area contributed by atoms with Crippen molar-refractivity contribution >= 4 is 19.0 Å². The van der Waals surface area contributed by atoms with Crippen LogP contribution >= 0.6 is 0 Å². The number of hydrogen-bond acceptors (Lipinski definition) is 3. The molecule has 0 saturated carbocycles. The standard InChI is InChI=1S/C16H28O3Si2/c1-20-15(7-3-5-9-18-15)13-11-14(17-12-13)16(21-2)8-4-6-10-19-16/h11-12H,3-10,20-21H2,1-2H3. The maximum atomic E-state index is 6.24. The van der Waals surface area contributed by atoms with Crippen LogP contribution in [0.25, 0.3) is 0 Å². The second-order valence-corrected chi connectivity index (χ2v) is 10.2. The van der Waals surface area contributed by atoms with Gasteiger partial charge in [0.2, 0.25) is 0 Å². The molecule has 118 valence electrons. The average Bonchev–Trinajstić information content (AvgIpc) is 3.07. The molecule has 2 saturated heterocycles. The number of furan rings is 1. The van der Waals surface area contributed by atoms with E-state index in [0.717, 1.165) is 25.4 Å². The third-order valence-electron chi connectivity index (χ3n) is 5.42. The van der Waals surface area contributed by atoms with Gasteiger partial charge in [0.15, 0.2) is 0 Å². The molecule has 1 aromatic heterocycles. The lowest BCUT2D eigenvalue weighted by atomic mass is 10.0. The van der Waals surface area contributed by atoms with Gasteiger partial charge in [-0.1, -0.05) is 13.1 Å². The SMILES string of the molecule is C[SiH2]C1(c2coc(C3([SiH2]C)CCCCO3)c2)CCCCO1.